The number of hydrogen-bond acceptors (Lipinski definition) is 6. The molecule has 2 aromatic heterocycles. The van der Waals surface area contributed by atoms with Gasteiger partial charge in [0.15, 0.2) is 0 Å². The first kappa shape index (κ1) is 28.1. The van der Waals surface area contributed by atoms with Crippen LogP contribution >= 0.6 is 23.4 Å². The molecule has 0 aliphatic heterocycles. The second-order valence-electron chi connectivity index (χ2n) is 9.37. The molecule has 0 spiro atoms. The third kappa shape index (κ3) is 5.97. The van der Waals surface area contributed by atoms with Gasteiger partial charge in [0.25, 0.3) is 11.1 Å². The van der Waals surface area contributed by atoms with Crippen molar-refractivity contribution in [2.75, 3.05) is 7.11 Å². The van der Waals surface area contributed by atoms with Gasteiger partial charge in [-0.2, -0.15) is 0 Å². The molecule has 0 fully saturated rings. The maximum absolute atomic E-state index is 12.6. The van der Waals surface area contributed by atoms with Crippen LogP contribution in [-0.2, 0) is 4.79 Å². The van der Waals surface area contributed by atoms with E-state index in [1.165, 1.54) is 7.11 Å². The van der Waals surface area contributed by atoms with E-state index in [1.807, 2.05) is 97.1 Å². The minimum Gasteiger partial charge on any atom is -0.496 e. The second kappa shape index (κ2) is 12.4. The Morgan fingerprint density at radius 3 is 2.19 bits per heavy atom. The summed E-state index contributed by atoms with van der Waals surface area (Å²) in [6.45, 7) is 0. The minimum atomic E-state index is -1.13. The lowest BCUT2D eigenvalue weighted by Crippen LogP contribution is -2.00. The predicted molar refractivity (Wildman–Crippen MR) is 169 cm³/mol. The number of ether oxygens (including phenoxy) is 1. The number of carboxylic acid groups (broad SMARTS) is 1. The van der Waals surface area contributed by atoms with E-state index in [1.54, 1.807) is 24.3 Å². The number of carboxylic acids is 1. The number of benzene rings is 4. The monoisotopic (exact) mass is 605 g/mol. The third-order valence-electron chi connectivity index (χ3n) is 6.65. The molecule has 0 amide bonds. The molecule has 0 saturated carbocycles. The molecule has 6 aromatic rings. The Balaban J connectivity index is 1.49. The van der Waals surface area contributed by atoms with Gasteiger partial charge in [-0.15, -0.1) is 10.2 Å². The molecule has 0 atom stereocenters. The summed E-state index contributed by atoms with van der Waals surface area (Å²) in [5, 5.41) is 19.0. The molecule has 0 radical (unpaired) electrons. The molecule has 2 heterocycles. The maximum Gasteiger partial charge on any atom is 0.342 e. The first-order valence-corrected chi connectivity index (χ1v) is 14.4. The predicted octanol–water partition coefficient (Wildman–Crippen LogP) is 8.74. The molecule has 9 heteroatoms. The summed E-state index contributed by atoms with van der Waals surface area (Å²) >= 11 is 7.05. The van der Waals surface area contributed by atoms with Crippen molar-refractivity contribution in [1.82, 2.24) is 14.8 Å². The first-order chi connectivity index (χ1) is 21.0. The molecule has 43 heavy (non-hydrogen) atoms. The SMILES string of the molecule is COc1ccc(Cl)cc1-c1nnc(S/C(=C\c2cc(-c3ccccc3)n(-c3ccccc3)c2-c2ccccc2)C(=O)O)o1. The van der Waals surface area contributed by atoms with Crippen LogP contribution in [0.15, 0.2) is 130 Å². The van der Waals surface area contributed by atoms with E-state index in [4.69, 9.17) is 20.8 Å². The minimum absolute atomic E-state index is 0.00950. The standard InChI is InChI=1S/C34H24ClN3O4S/c1-41-29-18-17-25(35)21-27(29)32-36-37-34(42-32)43-30(33(39)40)20-24-19-28(22-11-5-2-6-12-22)38(26-15-9-4-10-16-26)31(24)23-13-7-3-8-14-23/h2-21H,1H3,(H,39,40)/b30-20-. The van der Waals surface area contributed by atoms with E-state index < -0.39 is 5.97 Å². The highest BCUT2D eigenvalue weighted by Crippen LogP contribution is 2.39. The van der Waals surface area contributed by atoms with Gasteiger partial charge in [-0.3, -0.25) is 0 Å². The van der Waals surface area contributed by atoms with E-state index in [0.29, 0.717) is 16.3 Å². The third-order valence-corrected chi connectivity index (χ3v) is 7.74. The molecular weight excluding hydrogens is 582 g/mol. The highest BCUT2D eigenvalue weighted by atomic mass is 35.5. The number of carbonyl (C=O) groups is 1. The Bertz CT molecular complexity index is 1920. The largest absolute Gasteiger partial charge is 0.496 e. The van der Waals surface area contributed by atoms with Crippen molar-refractivity contribution in [3.63, 3.8) is 0 Å². The summed E-state index contributed by atoms with van der Waals surface area (Å²) in [6, 6.07) is 36.9. The topological polar surface area (TPSA) is 90.4 Å². The quantitative estimate of drug-likeness (QED) is 0.130. The Kier molecular flexibility index (Phi) is 8.13. The average molecular weight is 606 g/mol. The van der Waals surface area contributed by atoms with Gasteiger partial charge in [-0.25, -0.2) is 4.79 Å². The lowest BCUT2D eigenvalue weighted by atomic mass is 10.1. The number of halogens is 1. The van der Waals surface area contributed by atoms with E-state index in [0.717, 1.165) is 45.5 Å². The average Bonchev–Trinajstić information content (AvgIpc) is 3.67. The molecule has 6 rings (SSSR count). The molecule has 4 aromatic carbocycles. The van der Waals surface area contributed by atoms with Crippen molar-refractivity contribution in [2.24, 2.45) is 0 Å². The Morgan fingerprint density at radius 1 is 0.884 bits per heavy atom. The number of nitrogens with zero attached hydrogens (tertiary/aromatic N) is 3. The normalized spacial score (nSPS) is 11.4. The Hall–Kier alpha value is -5.05. The van der Waals surface area contributed by atoms with Crippen molar-refractivity contribution in [2.45, 2.75) is 5.22 Å². The van der Waals surface area contributed by atoms with Crippen LogP contribution in [0.5, 0.6) is 5.75 Å². The summed E-state index contributed by atoms with van der Waals surface area (Å²) in [7, 11) is 1.53. The Morgan fingerprint density at radius 2 is 1.53 bits per heavy atom. The van der Waals surface area contributed by atoms with Crippen LogP contribution in [0.25, 0.3) is 45.7 Å². The van der Waals surface area contributed by atoms with Gasteiger partial charge in [0.2, 0.25) is 0 Å². The van der Waals surface area contributed by atoms with Gasteiger partial charge >= 0.3 is 5.97 Å². The van der Waals surface area contributed by atoms with Gasteiger partial charge in [-0.1, -0.05) is 90.5 Å². The summed E-state index contributed by atoms with van der Waals surface area (Å²) in [5.41, 5.74) is 5.86. The number of hydrogen-bond donors (Lipinski definition) is 1. The van der Waals surface area contributed by atoms with Gasteiger partial charge in [0, 0.05) is 16.3 Å². The van der Waals surface area contributed by atoms with Crippen molar-refractivity contribution < 1.29 is 19.1 Å². The van der Waals surface area contributed by atoms with Crippen molar-refractivity contribution in [1.29, 1.82) is 0 Å². The smallest absolute Gasteiger partial charge is 0.342 e. The van der Waals surface area contributed by atoms with E-state index >= 15 is 0 Å². The van der Waals surface area contributed by atoms with Gasteiger partial charge in [0.1, 0.15) is 10.7 Å². The maximum atomic E-state index is 12.6. The fraction of sp³-hybridized carbons (Fsp3) is 0.0294. The number of aromatic nitrogens is 3. The molecular formula is C34H24ClN3O4S. The Labute approximate surface area is 257 Å². The van der Waals surface area contributed by atoms with E-state index in [2.05, 4.69) is 14.8 Å². The zero-order valence-corrected chi connectivity index (χ0v) is 24.4. The molecule has 7 nitrogen and oxygen atoms in total. The molecule has 212 valence electrons. The number of aliphatic carboxylic acids is 1. The summed E-state index contributed by atoms with van der Waals surface area (Å²) in [6.07, 6.45) is 1.64. The zero-order chi connectivity index (χ0) is 29.8. The van der Waals surface area contributed by atoms with Gasteiger partial charge < -0.3 is 18.8 Å². The fourth-order valence-electron chi connectivity index (χ4n) is 4.78. The summed E-state index contributed by atoms with van der Waals surface area (Å²) < 4.78 is 13.4. The van der Waals surface area contributed by atoms with E-state index in [9.17, 15) is 9.90 Å². The number of para-hydroxylation sites is 1. The summed E-state index contributed by atoms with van der Waals surface area (Å²) in [5.74, 6) is -0.460. The summed E-state index contributed by atoms with van der Waals surface area (Å²) in [4.78, 5) is 12.6. The number of thioether (sulfide) groups is 1. The lowest BCUT2D eigenvalue weighted by molar-refractivity contribution is -0.131. The highest BCUT2D eigenvalue weighted by molar-refractivity contribution is 8.03. The molecule has 0 aliphatic rings. The molecule has 0 aliphatic carbocycles. The first-order valence-electron chi connectivity index (χ1n) is 13.2. The fourth-order valence-corrected chi connectivity index (χ4v) is 5.61. The molecule has 0 unspecified atom stereocenters. The number of methoxy groups -OCH3 is 1. The van der Waals surface area contributed by atoms with Crippen LogP contribution in [0, 0.1) is 0 Å². The van der Waals surface area contributed by atoms with Crippen LogP contribution in [0.4, 0.5) is 0 Å². The van der Waals surface area contributed by atoms with Crippen molar-refractivity contribution >= 4 is 35.4 Å². The van der Waals surface area contributed by atoms with Gasteiger partial charge in [0.05, 0.1) is 24.1 Å². The van der Waals surface area contributed by atoms with Crippen LogP contribution in [-0.4, -0.2) is 33.0 Å². The number of rotatable bonds is 9. The molecule has 0 saturated heterocycles. The second-order valence-corrected chi connectivity index (χ2v) is 10.8. The van der Waals surface area contributed by atoms with Crippen LogP contribution < -0.4 is 4.74 Å². The van der Waals surface area contributed by atoms with Crippen LogP contribution in [0.1, 0.15) is 5.56 Å². The highest BCUT2D eigenvalue weighted by Gasteiger charge is 2.22. The lowest BCUT2D eigenvalue weighted by Gasteiger charge is -2.15. The van der Waals surface area contributed by atoms with Crippen LogP contribution in [0.2, 0.25) is 5.02 Å². The zero-order valence-electron chi connectivity index (χ0n) is 22.8. The van der Waals surface area contributed by atoms with Gasteiger partial charge in [-0.05, 0) is 65.4 Å². The van der Waals surface area contributed by atoms with Crippen molar-refractivity contribution in [3.05, 3.63) is 131 Å². The molecule has 0 bridgehead atoms. The van der Waals surface area contributed by atoms with Crippen LogP contribution in [0.3, 0.4) is 0 Å². The molecule has 1 N–H and O–H groups in total. The van der Waals surface area contributed by atoms with Crippen molar-refractivity contribution in [3.8, 4) is 45.4 Å². The van der Waals surface area contributed by atoms with E-state index in [-0.39, 0.29) is 16.0 Å².